The Morgan fingerprint density at radius 2 is 1.79 bits per heavy atom. The van der Waals surface area contributed by atoms with Crippen LogP contribution < -0.4 is 13.7 Å². The summed E-state index contributed by atoms with van der Waals surface area (Å²) in [5.41, 5.74) is 2.66. The Kier molecular flexibility index (Phi) is 10.00. The van der Waals surface area contributed by atoms with Gasteiger partial charge in [0.05, 0.1) is 27.1 Å². The summed E-state index contributed by atoms with van der Waals surface area (Å²) in [6.07, 6.45) is 10.5. The molecule has 2 aromatic carbocycles. The predicted octanol–water partition coefficient (Wildman–Crippen LogP) is 4.65. The Bertz CT molecular complexity index is 1100. The van der Waals surface area contributed by atoms with Crippen LogP contribution in [-0.4, -0.2) is 41.5 Å². The van der Waals surface area contributed by atoms with Gasteiger partial charge in [-0.2, -0.15) is 8.42 Å². The Morgan fingerprint density at radius 3 is 2.45 bits per heavy atom. The second-order valence-electron chi connectivity index (χ2n) is 7.23. The summed E-state index contributed by atoms with van der Waals surface area (Å²) in [7, 11) is -0.849. The third-order valence-electron chi connectivity index (χ3n) is 4.53. The van der Waals surface area contributed by atoms with Crippen LogP contribution >= 0.6 is 0 Å². The van der Waals surface area contributed by atoms with Crippen LogP contribution in [-0.2, 0) is 26.1 Å². The standard InChI is InChI=1S/C25H30O7S/c1-5-6-16-31-23-17-20(12-15-25(26)30-3)10-13-21(23)9-7-8-19-11-14-22(24(18-19)29-2)32-33(4,27)28/h7,9-15,17-18H,5-6,8,16H2,1-4H3. The van der Waals surface area contributed by atoms with Crippen molar-refractivity contribution in [2.75, 3.05) is 27.1 Å². The molecule has 0 saturated heterocycles. The fourth-order valence-electron chi connectivity index (χ4n) is 2.87. The number of carbonyl (C=O) groups is 1. The van der Waals surface area contributed by atoms with E-state index in [9.17, 15) is 13.2 Å². The molecule has 8 heteroatoms. The number of hydrogen-bond acceptors (Lipinski definition) is 7. The molecule has 0 bridgehead atoms. The van der Waals surface area contributed by atoms with Gasteiger partial charge in [-0.3, -0.25) is 0 Å². The van der Waals surface area contributed by atoms with E-state index in [1.165, 1.54) is 20.3 Å². The molecule has 0 heterocycles. The van der Waals surface area contributed by atoms with Gasteiger partial charge >= 0.3 is 16.1 Å². The van der Waals surface area contributed by atoms with Crippen molar-refractivity contribution in [1.29, 1.82) is 0 Å². The quantitative estimate of drug-likeness (QED) is 0.191. The molecule has 2 aromatic rings. The SMILES string of the molecule is CCCCOc1cc(C=CC(=O)OC)ccc1C=CCc1ccc(OS(C)(=O)=O)c(OC)c1. The van der Waals surface area contributed by atoms with Crippen molar-refractivity contribution in [2.24, 2.45) is 0 Å². The lowest BCUT2D eigenvalue weighted by Gasteiger charge is -2.11. The lowest BCUT2D eigenvalue weighted by Crippen LogP contribution is -2.07. The molecule has 0 aliphatic heterocycles. The van der Waals surface area contributed by atoms with Gasteiger partial charge in [0, 0.05) is 11.6 Å². The van der Waals surface area contributed by atoms with Crippen molar-refractivity contribution in [2.45, 2.75) is 26.2 Å². The van der Waals surface area contributed by atoms with Gasteiger partial charge in [-0.25, -0.2) is 4.79 Å². The smallest absolute Gasteiger partial charge is 0.330 e. The number of hydrogen-bond donors (Lipinski definition) is 0. The first kappa shape index (κ1) is 26.0. The van der Waals surface area contributed by atoms with Crippen LogP contribution in [0.1, 0.15) is 36.5 Å². The number of unbranched alkanes of at least 4 members (excludes halogenated alkanes) is 1. The Morgan fingerprint density at radius 1 is 1.00 bits per heavy atom. The fourth-order valence-corrected chi connectivity index (χ4v) is 3.33. The number of methoxy groups -OCH3 is 2. The second kappa shape index (κ2) is 12.7. The molecule has 33 heavy (non-hydrogen) atoms. The molecule has 178 valence electrons. The van der Waals surface area contributed by atoms with E-state index in [-0.39, 0.29) is 5.75 Å². The van der Waals surface area contributed by atoms with Crippen LogP contribution in [0.2, 0.25) is 0 Å². The van der Waals surface area contributed by atoms with Crippen LogP contribution in [0.25, 0.3) is 12.2 Å². The van der Waals surface area contributed by atoms with Crippen molar-refractivity contribution in [3.05, 3.63) is 65.2 Å². The average Bonchev–Trinajstić information content (AvgIpc) is 2.78. The number of ether oxygens (including phenoxy) is 3. The number of rotatable bonds is 12. The van der Waals surface area contributed by atoms with E-state index < -0.39 is 16.1 Å². The van der Waals surface area contributed by atoms with E-state index in [1.807, 2.05) is 30.4 Å². The molecule has 0 spiro atoms. The van der Waals surface area contributed by atoms with Gasteiger partial charge in [-0.05, 0) is 48.2 Å². The lowest BCUT2D eigenvalue weighted by molar-refractivity contribution is -0.134. The van der Waals surface area contributed by atoms with Crippen molar-refractivity contribution in [1.82, 2.24) is 0 Å². The molecule has 0 atom stereocenters. The maximum absolute atomic E-state index is 11.4. The van der Waals surface area contributed by atoms with Gasteiger partial charge in [0.15, 0.2) is 11.5 Å². The Labute approximate surface area is 195 Å². The first-order valence-electron chi connectivity index (χ1n) is 10.5. The van der Waals surface area contributed by atoms with Crippen LogP contribution in [0.4, 0.5) is 0 Å². The zero-order chi connectivity index (χ0) is 24.3. The molecule has 0 aromatic heterocycles. The molecule has 0 aliphatic rings. The highest BCUT2D eigenvalue weighted by Crippen LogP contribution is 2.30. The normalized spacial score (nSPS) is 11.6. The highest BCUT2D eigenvalue weighted by molar-refractivity contribution is 7.86. The summed E-state index contributed by atoms with van der Waals surface area (Å²) in [6.45, 7) is 2.70. The molecule has 7 nitrogen and oxygen atoms in total. The van der Waals surface area contributed by atoms with E-state index in [4.69, 9.17) is 13.7 Å². The van der Waals surface area contributed by atoms with E-state index >= 15 is 0 Å². The van der Waals surface area contributed by atoms with Gasteiger partial charge in [-0.1, -0.05) is 43.7 Å². The van der Waals surface area contributed by atoms with E-state index in [1.54, 1.807) is 24.3 Å². The number of esters is 1. The fraction of sp³-hybridized carbons (Fsp3) is 0.320. The largest absolute Gasteiger partial charge is 0.493 e. The third-order valence-corrected chi connectivity index (χ3v) is 5.01. The van der Waals surface area contributed by atoms with Crippen LogP contribution in [0.3, 0.4) is 0 Å². The van der Waals surface area contributed by atoms with Gasteiger partial charge in [-0.15, -0.1) is 0 Å². The third kappa shape index (κ3) is 9.02. The topological polar surface area (TPSA) is 88.1 Å². The molecule has 0 fully saturated rings. The summed E-state index contributed by atoms with van der Waals surface area (Å²) >= 11 is 0. The van der Waals surface area contributed by atoms with Crippen molar-refractivity contribution in [3.63, 3.8) is 0 Å². The van der Waals surface area contributed by atoms with Crippen LogP contribution in [0, 0.1) is 0 Å². The van der Waals surface area contributed by atoms with Crippen LogP contribution in [0.5, 0.6) is 17.2 Å². The van der Waals surface area contributed by atoms with E-state index in [2.05, 4.69) is 11.7 Å². The Hall–Kier alpha value is -3.26. The van der Waals surface area contributed by atoms with Gasteiger partial charge in [0.2, 0.25) is 0 Å². The van der Waals surface area contributed by atoms with Crippen molar-refractivity contribution >= 4 is 28.2 Å². The molecular formula is C25H30O7S. The number of benzene rings is 2. The molecule has 0 unspecified atom stereocenters. The minimum Gasteiger partial charge on any atom is -0.493 e. The first-order valence-corrected chi connectivity index (χ1v) is 12.3. The molecule has 0 aliphatic carbocycles. The highest BCUT2D eigenvalue weighted by Gasteiger charge is 2.11. The van der Waals surface area contributed by atoms with E-state index in [0.717, 1.165) is 41.5 Å². The zero-order valence-electron chi connectivity index (χ0n) is 19.4. The molecular weight excluding hydrogens is 444 g/mol. The molecule has 0 N–H and O–H groups in total. The minimum absolute atomic E-state index is 0.148. The summed E-state index contributed by atoms with van der Waals surface area (Å²) in [4.78, 5) is 11.4. The van der Waals surface area contributed by atoms with Gasteiger partial charge < -0.3 is 18.4 Å². The van der Waals surface area contributed by atoms with Crippen molar-refractivity contribution < 1.29 is 31.6 Å². The maximum atomic E-state index is 11.4. The molecule has 0 radical (unpaired) electrons. The second-order valence-corrected chi connectivity index (χ2v) is 8.81. The maximum Gasteiger partial charge on any atom is 0.330 e. The minimum atomic E-state index is -3.64. The molecule has 0 saturated carbocycles. The summed E-state index contributed by atoms with van der Waals surface area (Å²) in [5, 5.41) is 0. The summed E-state index contributed by atoms with van der Waals surface area (Å²) in [5.74, 6) is 0.795. The number of carbonyl (C=O) groups excluding carboxylic acids is 1. The lowest BCUT2D eigenvalue weighted by atomic mass is 10.1. The summed E-state index contributed by atoms with van der Waals surface area (Å²) < 4.78 is 43.6. The highest BCUT2D eigenvalue weighted by atomic mass is 32.2. The van der Waals surface area contributed by atoms with Crippen LogP contribution in [0.15, 0.2) is 48.6 Å². The zero-order valence-corrected chi connectivity index (χ0v) is 20.2. The molecule has 2 rings (SSSR count). The average molecular weight is 475 g/mol. The van der Waals surface area contributed by atoms with Crippen molar-refractivity contribution in [3.8, 4) is 17.2 Å². The molecule has 0 amide bonds. The Balaban J connectivity index is 2.19. The van der Waals surface area contributed by atoms with E-state index in [0.29, 0.717) is 18.8 Å². The number of allylic oxidation sites excluding steroid dienone is 1. The van der Waals surface area contributed by atoms with Gasteiger partial charge in [0.1, 0.15) is 5.75 Å². The monoisotopic (exact) mass is 474 g/mol. The predicted molar refractivity (Wildman–Crippen MR) is 129 cm³/mol. The first-order chi connectivity index (χ1) is 15.8. The summed E-state index contributed by atoms with van der Waals surface area (Å²) in [6, 6.07) is 10.8. The van der Waals surface area contributed by atoms with Gasteiger partial charge in [0.25, 0.3) is 0 Å².